The number of aromatic nitrogens is 3. The zero-order valence-electron chi connectivity index (χ0n) is 31.5. The summed E-state index contributed by atoms with van der Waals surface area (Å²) in [5.41, 5.74) is 13.2. The van der Waals surface area contributed by atoms with Crippen molar-refractivity contribution in [1.29, 1.82) is 0 Å². The van der Waals surface area contributed by atoms with E-state index in [9.17, 15) is 0 Å². The number of rotatable bonds is 4. The Hall–Kier alpha value is -6.39. The molecule has 57 heavy (non-hydrogen) atoms. The summed E-state index contributed by atoms with van der Waals surface area (Å²) in [6.45, 7) is 0. The monoisotopic (exact) mass is 733 g/mol. The lowest BCUT2D eigenvalue weighted by molar-refractivity contribution is -0.0397. The van der Waals surface area contributed by atoms with E-state index in [2.05, 4.69) is 146 Å². The van der Waals surface area contributed by atoms with Gasteiger partial charge in [0.05, 0.1) is 0 Å². The summed E-state index contributed by atoms with van der Waals surface area (Å²) in [6, 6.07) is 54.7. The third kappa shape index (κ3) is 4.47. The summed E-state index contributed by atoms with van der Waals surface area (Å²) in [7, 11) is 0. The molecule has 4 nitrogen and oxygen atoms in total. The number of fused-ring (bicyclic) bond motifs is 7. The predicted octanol–water partition coefficient (Wildman–Crippen LogP) is 13.3. The Morgan fingerprint density at radius 2 is 1.04 bits per heavy atom. The fraction of sp³-hybridized carbons (Fsp3) is 0.189. The van der Waals surface area contributed by atoms with Crippen LogP contribution in [0.5, 0.6) is 0 Å². The Morgan fingerprint density at radius 3 is 1.86 bits per heavy atom. The molecule has 5 aliphatic rings. The van der Waals surface area contributed by atoms with Crippen molar-refractivity contribution in [3.05, 3.63) is 163 Å². The largest absolute Gasteiger partial charge is 0.455 e. The molecule has 2 heterocycles. The van der Waals surface area contributed by atoms with Crippen molar-refractivity contribution in [2.45, 2.75) is 37.5 Å². The number of hydrogen-bond donors (Lipinski definition) is 0. The first-order valence-corrected chi connectivity index (χ1v) is 20.7. The van der Waals surface area contributed by atoms with Gasteiger partial charge in [0.1, 0.15) is 11.2 Å². The van der Waals surface area contributed by atoms with Crippen LogP contribution in [-0.2, 0) is 5.41 Å². The zero-order valence-corrected chi connectivity index (χ0v) is 31.5. The molecule has 4 heteroatoms. The molecule has 0 unspecified atom stereocenters. The Balaban J connectivity index is 1.05. The van der Waals surface area contributed by atoms with Crippen molar-refractivity contribution in [1.82, 2.24) is 15.0 Å². The highest BCUT2D eigenvalue weighted by Crippen LogP contribution is 2.70. The van der Waals surface area contributed by atoms with Crippen LogP contribution in [0.1, 0.15) is 43.2 Å². The van der Waals surface area contributed by atoms with Gasteiger partial charge in [-0.15, -0.1) is 0 Å². The minimum Gasteiger partial charge on any atom is -0.455 e. The van der Waals surface area contributed by atoms with Crippen LogP contribution >= 0.6 is 0 Å². The Bertz CT molecular complexity index is 3070. The predicted molar refractivity (Wildman–Crippen MR) is 230 cm³/mol. The summed E-state index contributed by atoms with van der Waals surface area (Å²) in [4.78, 5) is 15.8. The first kappa shape index (κ1) is 31.8. The third-order valence-electron chi connectivity index (χ3n) is 14.3. The molecule has 2 aromatic heterocycles. The second-order valence-electron chi connectivity index (χ2n) is 17.1. The van der Waals surface area contributed by atoms with E-state index in [0.717, 1.165) is 50.9 Å². The molecule has 14 rings (SSSR count). The fourth-order valence-electron chi connectivity index (χ4n) is 12.3. The van der Waals surface area contributed by atoms with E-state index in [4.69, 9.17) is 19.4 Å². The second kappa shape index (κ2) is 11.8. The van der Waals surface area contributed by atoms with Gasteiger partial charge in [0.15, 0.2) is 17.5 Å². The second-order valence-corrected chi connectivity index (χ2v) is 17.1. The molecular weight excluding hydrogens is 695 g/mol. The van der Waals surface area contributed by atoms with E-state index in [1.807, 2.05) is 6.07 Å². The van der Waals surface area contributed by atoms with E-state index < -0.39 is 0 Å². The maximum Gasteiger partial charge on any atom is 0.164 e. The molecule has 5 aliphatic carbocycles. The highest BCUT2D eigenvalue weighted by molar-refractivity contribution is 6.10. The van der Waals surface area contributed by atoms with Gasteiger partial charge >= 0.3 is 0 Å². The fourth-order valence-corrected chi connectivity index (χ4v) is 12.3. The van der Waals surface area contributed by atoms with Gasteiger partial charge in [-0.05, 0) is 106 Å². The summed E-state index contributed by atoms with van der Waals surface area (Å²) < 4.78 is 6.75. The summed E-state index contributed by atoms with van der Waals surface area (Å²) in [6.07, 6.45) is 6.61. The Morgan fingerprint density at radius 1 is 0.439 bits per heavy atom. The van der Waals surface area contributed by atoms with E-state index in [1.165, 1.54) is 81.6 Å². The van der Waals surface area contributed by atoms with E-state index in [1.54, 1.807) is 0 Å². The van der Waals surface area contributed by atoms with Gasteiger partial charge in [-0.3, -0.25) is 0 Å². The molecule has 0 saturated heterocycles. The van der Waals surface area contributed by atoms with Crippen LogP contribution in [0.4, 0.5) is 0 Å². The average molecular weight is 734 g/mol. The lowest BCUT2D eigenvalue weighted by Crippen LogP contribution is -2.55. The van der Waals surface area contributed by atoms with Crippen molar-refractivity contribution in [2.24, 2.45) is 23.7 Å². The van der Waals surface area contributed by atoms with Crippen LogP contribution < -0.4 is 0 Å². The SMILES string of the molecule is c1ccc(-c2nc(-c3ccc4c(c3)C3(c5c-4cccc5-c4cccc5c4oc4ccccc45)C4CC5CC(C4)CC3C5)nc(-c3cccc4ccccc34)n2)cc1. The van der Waals surface area contributed by atoms with Crippen molar-refractivity contribution in [2.75, 3.05) is 0 Å². The maximum atomic E-state index is 6.75. The van der Waals surface area contributed by atoms with Crippen LogP contribution in [0.3, 0.4) is 0 Å². The topological polar surface area (TPSA) is 51.8 Å². The summed E-state index contributed by atoms with van der Waals surface area (Å²) in [5, 5.41) is 4.67. The summed E-state index contributed by atoms with van der Waals surface area (Å²) >= 11 is 0. The smallest absolute Gasteiger partial charge is 0.164 e. The lowest BCUT2D eigenvalue weighted by Gasteiger charge is -2.61. The number of hydrogen-bond acceptors (Lipinski definition) is 4. The van der Waals surface area contributed by atoms with Crippen molar-refractivity contribution in [3.8, 4) is 56.4 Å². The number of benzene rings is 7. The molecule has 7 aromatic carbocycles. The average Bonchev–Trinajstić information content (AvgIpc) is 3.79. The van der Waals surface area contributed by atoms with Gasteiger partial charge < -0.3 is 4.42 Å². The van der Waals surface area contributed by atoms with Gasteiger partial charge in [-0.2, -0.15) is 0 Å². The third-order valence-corrected chi connectivity index (χ3v) is 14.3. The van der Waals surface area contributed by atoms with E-state index >= 15 is 0 Å². The van der Waals surface area contributed by atoms with Crippen molar-refractivity contribution in [3.63, 3.8) is 0 Å². The van der Waals surface area contributed by atoms with E-state index in [0.29, 0.717) is 23.5 Å². The molecule has 272 valence electrons. The van der Waals surface area contributed by atoms with Gasteiger partial charge in [0.25, 0.3) is 0 Å². The normalized spacial score (nSPS) is 22.8. The van der Waals surface area contributed by atoms with E-state index in [-0.39, 0.29) is 5.41 Å². The first-order valence-electron chi connectivity index (χ1n) is 20.7. The summed E-state index contributed by atoms with van der Waals surface area (Å²) in [5.74, 6) is 4.95. The van der Waals surface area contributed by atoms with Crippen molar-refractivity contribution < 1.29 is 4.42 Å². The van der Waals surface area contributed by atoms with Crippen LogP contribution in [0.2, 0.25) is 0 Å². The molecule has 1 spiro atoms. The van der Waals surface area contributed by atoms with Crippen LogP contribution in [0.25, 0.3) is 89.1 Å². The number of para-hydroxylation sites is 2. The molecule has 4 fully saturated rings. The van der Waals surface area contributed by atoms with Crippen LogP contribution in [0, 0.1) is 23.7 Å². The molecule has 0 aliphatic heterocycles. The molecule has 4 saturated carbocycles. The molecular formula is C53H39N3O. The van der Waals surface area contributed by atoms with Crippen molar-refractivity contribution >= 4 is 32.7 Å². The molecule has 9 aromatic rings. The maximum absolute atomic E-state index is 6.75. The number of nitrogens with zero attached hydrogens (tertiary/aromatic N) is 3. The Kier molecular flexibility index (Phi) is 6.59. The van der Waals surface area contributed by atoms with Crippen LogP contribution in [-0.4, -0.2) is 15.0 Å². The van der Waals surface area contributed by atoms with Gasteiger partial charge in [-0.1, -0.05) is 140 Å². The standard InChI is InChI=1S/C53H39N3O/c1-2-12-34(13-3-1)50-54-51(56-52(55-50)45-21-8-14-33-11-4-5-15-38(33)45)35-23-24-39-41-17-9-18-42(44-20-10-19-43-40-16-6-7-22-47(40)57-49(43)44)48(41)53(46(39)30-35)36-26-31-25-32(28-36)29-37(53)27-31/h1-24,30-32,36-37H,25-29H2. The highest BCUT2D eigenvalue weighted by Gasteiger charge is 2.62. The lowest BCUT2D eigenvalue weighted by atomic mass is 9.42. The Labute approximate surface area is 331 Å². The van der Waals surface area contributed by atoms with Gasteiger partial charge in [-0.25, -0.2) is 15.0 Å². The quantitative estimate of drug-likeness (QED) is 0.181. The zero-order chi connectivity index (χ0) is 37.2. The minimum atomic E-state index is -0.0907. The molecule has 0 N–H and O–H groups in total. The van der Waals surface area contributed by atoms with Gasteiger partial charge in [0.2, 0.25) is 0 Å². The molecule has 0 atom stereocenters. The highest BCUT2D eigenvalue weighted by atomic mass is 16.3. The molecule has 4 bridgehead atoms. The van der Waals surface area contributed by atoms with Crippen LogP contribution in [0.15, 0.2) is 156 Å². The number of furan rings is 1. The minimum absolute atomic E-state index is 0.0907. The van der Waals surface area contributed by atoms with Gasteiger partial charge in [0, 0.05) is 38.4 Å². The first-order chi connectivity index (χ1) is 28.2. The molecule has 0 radical (unpaired) electrons. The molecule has 0 amide bonds.